The Balaban J connectivity index is 2.46. The monoisotopic (exact) mass is 266 g/mol. The van der Waals surface area contributed by atoms with Crippen LogP contribution >= 0.6 is 0 Å². The summed E-state index contributed by atoms with van der Waals surface area (Å²) in [6.07, 6.45) is 0.281. The van der Waals surface area contributed by atoms with E-state index in [1.165, 1.54) is 6.07 Å². The van der Waals surface area contributed by atoms with E-state index in [-0.39, 0.29) is 24.8 Å². The van der Waals surface area contributed by atoms with Crippen LogP contribution in [0.25, 0.3) is 0 Å². The van der Waals surface area contributed by atoms with Gasteiger partial charge in [0.05, 0.1) is 11.2 Å². The third-order valence-corrected chi connectivity index (χ3v) is 3.48. The summed E-state index contributed by atoms with van der Waals surface area (Å²) in [6, 6.07) is 5.87. The number of benzene rings is 1. The second-order valence-electron chi connectivity index (χ2n) is 5.38. The van der Waals surface area contributed by atoms with Crippen molar-refractivity contribution < 1.29 is 14.3 Å². The fourth-order valence-electron chi connectivity index (χ4n) is 2.57. The summed E-state index contributed by atoms with van der Waals surface area (Å²) >= 11 is 0. The molecule has 0 spiro atoms. The molecule has 0 aromatic heterocycles. The highest BCUT2D eigenvalue weighted by Gasteiger charge is 2.41. The maximum atomic E-state index is 14.0. The molecule has 5 heteroatoms. The van der Waals surface area contributed by atoms with Crippen molar-refractivity contribution >= 4 is 11.6 Å². The lowest BCUT2D eigenvalue weighted by Crippen LogP contribution is -2.66. The number of aliphatic hydroxyl groups is 1. The van der Waals surface area contributed by atoms with Crippen LogP contribution in [0.3, 0.4) is 0 Å². The number of nitrogens with zero attached hydrogens (tertiary/aromatic N) is 1. The number of hydrogen-bond acceptors (Lipinski definition) is 3. The minimum Gasteiger partial charge on any atom is -0.396 e. The molecule has 2 N–H and O–H groups in total. The summed E-state index contributed by atoms with van der Waals surface area (Å²) in [5.41, 5.74) is -0.00329. The molecule has 4 nitrogen and oxygen atoms in total. The highest BCUT2D eigenvalue weighted by molar-refractivity contribution is 5.87. The Bertz CT molecular complexity index is 476. The van der Waals surface area contributed by atoms with Crippen LogP contribution in [-0.4, -0.2) is 35.7 Å². The van der Waals surface area contributed by atoms with E-state index >= 15 is 0 Å². The first-order valence-electron chi connectivity index (χ1n) is 6.40. The van der Waals surface area contributed by atoms with E-state index in [2.05, 4.69) is 5.32 Å². The number of para-hydroxylation sites is 1. The minimum absolute atomic E-state index is 0.112. The van der Waals surface area contributed by atoms with Crippen molar-refractivity contribution in [3.63, 3.8) is 0 Å². The highest BCUT2D eigenvalue weighted by Crippen LogP contribution is 2.32. The average molecular weight is 266 g/mol. The van der Waals surface area contributed by atoms with Gasteiger partial charge in [-0.05, 0) is 32.4 Å². The molecular formula is C14H19FN2O2. The van der Waals surface area contributed by atoms with Crippen molar-refractivity contribution in [2.45, 2.75) is 31.8 Å². The molecule has 1 atom stereocenters. The number of carbonyl (C=O) groups excluding carboxylic acids is 1. The fraction of sp³-hybridized carbons (Fsp3) is 0.500. The number of halogens is 1. The first-order valence-corrected chi connectivity index (χ1v) is 6.40. The molecule has 1 unspecified atom stereocenters. The van der Waals surface area contributed by atoms with E-state index in [4.69, 9.17) is 5.11 Å². The quantitative estimate of drug-likeness (QED) is 0.867. The van der Waals surface area contributed by atoms with Crippen LogP contribution in [0.5, 0.6) is 0 Å². The summed E-state index contributed by atoms with van der Waals surface area (Å²) in [4.78, 5) is 13.8. The minimum atomic E-state index is -0.550. The SMILES string of the molecule is CC1(C)CNC(=O)C(CCO)N1c1ccccc1F. The second-order valence-corrected chi connectivity index (χ2v) is 5.38. The van der Waals surface area contributed by atoms with Crippen LogP contribution in [0, 0.1) is 5.82 Å². The van der Waals surface area contributed by atoms with Gasteiger partial charge in [0.25, 0.3) is 0 Å². The van der Waals surface area contributed by atoms with E-state index < -0.39 is 11.6 Å². The third-order valence-electron chi connectivity index (χ3n) is 3.48. The van der Waals surface area contributed by atoms with Gasteiger partial charge in [-0.1, -0.05) is 12.1 Å². The van der Waals surface area contributed by atoms with Crippen molar-refractivity contribution in [2.24, 2.45) is 0 Å². The van der Waals surface area contributed by atoms with Gasteiger partial charge in [-0.3, -0.25) is 4.79 Å². The molecule has 0 saturated carbocycles. The number of rotatable bonds is 3. The van der Waals surface area contributed by atoms with Gasteiger partial charge in [-0.25, -0.2) is 4.39 Å². The fourth-order valence-corrected chi connectivity index (χ4v) is 2.57. The molecule has 1 heterocycles. The normalized spacial score (nSPS) is 22.2. The summed E-state index contributed by atoms with van der Waals surface area (Å²) in [5.74, 6) is -0.523. The molecule has 1 aromatic rings. The number of anilines is 1. The van der Waals surface area contributed by atoms with Gasteiger partial charge >= 0.3 is 0 Å². The lowest BCUT2D eigenvalue weighted by molar-refractivity contribution is -0.124. The Morgan fingerprint density at radius 1 is 1.47 bits per heavy atom. The second kappa shape index (κ2) is 5.17. The Morgan fingerprint density at radius 3 is 2.79 bits per heavy atom. The summed E-state index contributed by atoms with van der Waals surface area (Å²) in [5, 5.41) is 12.0. The molecule has 1 aliphatic rings. The molecule has 1 saturated heterocycles. The average Bonchev–Trinajstić information content (AvgIpc) is 2.36. The maximum absolute atomic E-state index is 14.0. The van der Waals surface area contributed by atoms with Crippen molar-refractivity contribution in [1.82, 2.24) is 5.32 Å². The molecule has 104 valence electrons. The standard InChI is InChI=1S/C14H19FN2O2/c1-14(2)9-16-13(19)12(7-8-18)17(14)11-6-4-3-5-10(11)15/h3-6,12,18H,7-9H2,1-2H3,(H,16,19). The maximum Gasteiger partial charge on any atom is 0.242 e. The van der Waals surface area contributed by atoms with E-state index in [0.717, 1.165) is 0 Å². The lowest BCUT2D eigenvalue weighted by Gasteiger charge is -2.48. The van der Waals surface area contributed by atoms with Gasteiger partial charge in [-0.2, -0.15) is 0 Å². The molecule has 1 amide bonds. The Labute approximate surface area is 112 Å². The number of piperazine rings is 1. The van der Waals surface area contributed by atoms with Gasteiger partial charge < -0.3 is 15.3 Å². The molecule has 0 bridgehead atoms. The predicted octanol–water partition coefficient (Wildman–Crippen LogP) is 1.29. The van der Waals surface area contributed by atoms with Crippen LogP contribution < -0.4 is 10.2 Å². The Kier molecular flexibility index (Phi) is 3.75. The van der Waals surface area contributed by atoms with Crippen LogP contribution in [0.4, 0.5) is 10.1 Å². The number of aliphatic hydroxyl groups excluding tert-OH is 1. The van der Waals surface area contributed by atoms with Gasteiger partial charge in [0, 0.05) is 13.2 Å². The number of carbonyl (C=O) groups is 1. The van der Waals surface area contributed by atoms with Gasteiger partial charge in [0.2, 0.25) is 5.91 Å². The van der Waals surface area contributed by atoms with E-state index in [1.54, 1.807) is 23.1 Å². The molecule has 0 aliphatic carbocycles. The lowest BCUT2D eigenvalue weighted by atomic mass is 9.93. The number of hydrogen-bond donors (Lipinski definition) is 2. The largest absolute Gasteiger partial charge is 0.396 e. The summed E-state index contributed by atoms with van der Waals surface area (Å²) in [7, 11) is 0. The van der Waals surface area contributed by atoms with Crippen molar-refractivity contribution in [1.29, 1.82) is 0 Å². The van der Waals surface area contributed by atoms with Gasteiger partial charge in [0.15, 0.2) is 0 Å². The zero-order chi connectivity index (χ0) is 14.0. The third kappa shape index (κ3) is 2.56. The van der Waals surface area contributed by atoms with Crippen molar-refractivity contribution in [3.05, 3.63) is 30.1 Å². The predicted molar refractivity (Wildman–Crippen MR) is 71.5 cm³/mol. The zero-order valence-corrected chi connectivity index (χ0v) is 11.2. The molecule has 19 heavy (non-hydrogen) atoms. The van der Waals surface area contributed by atoms with Crippen LogP contribution in [0.2, 0.25) is 0 Å². The molecule has 1 fully saturated rings. The Hall–Kier alpha value is -1.62. The van der Waals surface area contributed by atoms with E-state index in [0.29, 0.717) is 12.2 Å². The smallest absolute Gasteiger partial charge is 0.242 e. The van der Waals surface area contributed by atoms with E-state index in [1.807, 2.05) is 13.8 Å². The zero-order valence-electron chi connectivity index (χ0n) is 11.2. The summed E-state index contributed by atoms with van der Waals surface area (Å²) in [6.45, 7) is 4.23. The van der Waals surface area contributed by atoms with Crippen molar-refractivity contribution in [2.75, 3.05) is 18.1 Å². The van der Waals surface area contributed by atoms with Gasteiger partial charge in [0.1, 0.15) is 11.9 Å². The topological polar surface area (TPSA) is 52.6 Å². The first-order chi connectivity index (χ1) is 8.97. The summed E-state index contributed by atoms with van der Waals surface area (Å²) < 4.78 is 14.0. The van der Waals surface area contributed by atoms with Crippen LogP contribution in [0.15, 0.2) is 24.3 Å². The molecule has 0 radical (unpaired) electrons. The van der Waals surface area contributed by atoms with Gasteiger partial charge in [-0.15, -0.1) is 0 Å². The number of amides is 1. The first kappa shape index (κ1) is 13.8. The highest BCUT2D eigenvalue weighted by atomic mass is 19.1. The molecule has 1 aromatic carbocycles. The number of nitrogens with one attached hydrogen (secondary N) is 1. The Morgan fingerprint density at radius 2 is 2.16 bits per heavy atom. The van der Waals surface area contributed by atoms with Crippen LogP contribution in [-0.2, 0) is 4.79 Å². The van der Waals surface area contributed by atoms with E-state index in [9.17, 15) is 9.18 Å². The van der Waals surface area contributed by atoms with Crippen molar-refractivity contribution in [3.8, 4) is 0 Å². The van der Waals surface area contributed by atoms with Crippen LogP contribution in [0.1, 0.15) is 20.3 Å². The molecule has 2 rings (SSSR count). The molecule has 1 aliphatic heterocycles. The molecular weight excluding hydrogens is 247 g/mol.